The van der Waals surface area contributed by atoms with Crippen LogP contribution in [0.5, 0.6) is 0 Å². The molecule has 0 saturated heterocycles. The highest BCUT2D eigenvalue weighted by Crippen LogP contribution is 2.20. The molecule has 3 rings (SSSR count). The molecule has 2 N–H and O–H groups in total. The summed E-state index contributed by atoms with van der Waals surface area (Å²) in [7, 11) is 0. The second-order valence-corrected chi connectivity index (χ2v) is 7.09. The Labute approximate surface area is 151 Å². The summed E-state index contributed by atoms with van der Waals surface area (Å²) in [5.74, 6) is -1.09. The normalized spacial score (nSPS) is 10.5. The number of hydrogen-bond acceptors (Lipinski definition) is 5. The van der Waals surface area contributed by atoms with E-state index >= 15 is 0 Å². The fourth-order valence-electron chi connectivity index (χ4n) is 2.11. The SMILES string of the molecule is Cc1ccc(F)c(NC(=O)Cc2csc(NC(=O)c3cccs3)n2)c1. The predicted molar refractivity (Wildman–Crippen MR) is 97.9 cm³/mol. The van der Waals surface area contributed by atoms with Crippen molar-refractivity contribution >= 4 is 45.3 Å². The summed E-state index contributed by atoms with van der Waals surface area (Å²) >= 11 is 2.57. The highest BCUT2D eigenvalue weighted by Gasteiger charge is 2.13. The maximum absolute atomic E-state index is 13.7. The van der Waals surface area contributed by atoms with Crippen molar-refractivity contribution in [3.63, 3.8) is 0 Å². The number of aryl methyl sites for hydroxylation is 1. The van der Waals surface area contributed by atoms with Crippen molar-refractivity contribution < 1.29 is 14.0 Å². The summed E-state index contributed by atoms with van der Waals surface area (Å²) in [6.45, 7) is 1.82. The Balaban J connectivity index is 1.60. The number of halogens is 1. The number of nitrogens with zero attached hydrogens (tertiary/aromatic N) is 1. The summed E-state index contributed by atoms with van der Waals surface area (Å²) < 4.78 is 13.7. The molecule has 0 aliphatic rings. The monoisotopic (exact) mass is 375 g/mol. The van der Waals surface area contributed by atoms with Gasteiger partial charge in [0.2, 0.25) is 5.91 Å². The zero-order chi connectivity index (χ0) is 17.8. The first-order valence-corrected chi connectivity index (χ1v) is 9.12. The van der Waals surface area contributed by atoms with E-state index in [4.69, 9.17) is 0 Å². The number of carbonyl (C=O) groups excluding carboxylic acids is 2. The topological polar surface area (TPSA) is 71.1 Å². The molecule has 0 aliphatic carbocycles. The highest BCUT2D eigenvalue weighted by atomic mass is 32.1. The summed E-state index contributed by atoms with van der Waals surface area (Å²) in [5, 5.41) is 9.15. The van der Waals surface area contributed by atoms with Crippen molar-refractivity contribution in [3.05, 3.63) is 63.0 Å². The van der Waals surface area contributed by atoms with Gasteiger partial charge in [-0.25, -0.2) is 9.37 Å². The van der Waals surface area contributed by atoms with Crippen LogP contribution in [0.15, 0.2) is 41.1 Å². The van der Waals surface area contributed by atoms with E-state index in [1.807, 2.05) is 12.3 Å². The van der Waals surface area contributed by atoms with Crippen molar-refractivity contribution in [1.29, 1.82) is 0 Å². The number of hydrogen-bond donors (Lipinski definition) is 2. The number of rotatable bonds is 5. The zero-order valence-electron chi connectivity index (χ0n) is 13.2. The number of anilines is 2. The molecule has 0 bridgehead atoms. The van der Waals surface area contributed by atoms with Crippen LogP contribution in [0.25, 0.3) is 0 Å². The number of aromatic nitrogens is 1. The van der Waals surface area contributed by atoms with Gasteiger partial charge in [0, 0.05) is 5.38 Å². The van der Waals surface area contributed by atoms with E-state index in [1.54, 1.807) is 29.6 Å². The average molecular weight is 375 g/mol. The molecule has 0 radical (unpaired) electrons. The fourth-order valence-corrected chi connectivity index (χ4v) is 3.43. The second kappa shape index (κ2) is 7.54. The molecule has 0 saturated carbocycles. The minimum absolute atomic E-state index is 0.00124. The molecule has 0 aliphatic heterocycles. The van der Waals surface area contributed by atoms with E-state index in [0.717, 1.165) is 5.56 Å². The van der Waals surface area contributed by atoms with Crippen LogP contribution < -0.4 is 10.6 Å². The smallest absolute Gasteiger partial charge is 0.267 e. The number of nitrogens with one attached hydrogen (secondary N) is 2. The quantitative estimate of drug-likeness (QED) is 0.706. The Bertz CT molecular complexity index is 907. The van der Waals surface area contributed by atoms with Gasteiger partial charge in [-0.2, -0.15) is 0 Å². The first kappa shape index (κ1) is 17.2. The third-order valence-electron chi connectivity index (χ3n) is 3.25. The van der Waals surface area contributed by atoms with Gasteiger partial charge >= 0.3 is 0 Å². The first-order valence-electron chi connectivity index (χ1n) is 7.36. The van der Waals surface area contributed by atoms with Gasteiger partial charge in [0.25, 0.3) is 5.91 Å². The van der Waals surface area contributed by atoms with Gasteiger partial charge in [-0.15, -0.1) is 22.7 Å². The number of carbonyl (C=O) groups is 2. The van der Waals surface area contributed by atoms with Crippen molar-refractivity contribution in [3.8, 4) is 0 Å². The fraction of sp³-hybridized carbons (Fsp3) is 0.118. The van der Waals surface area contributed by atoms with Gasteiger partial charge in [0.15, 0.2) is 5.13 Å². The summed E-state index contributed by atoms with van der Waals surface area (Å²) in [6.07, 6.45) is -0.00124. The maximum atomic E-state index is 13.7. The van der Waals surface area contributed by atoms with Gasteiger partial charge in [-0.3, -0.25) is 14.9 Å². The van der Waals surface area contributed by atoms with Gasteiger partial charge in [-0.05, 0) is 36.1 Å². The Morgan fingerprint density at radius 3 is 2.80 bits per heavy atom. The summed E-state index contributed by atoms with van der Waals surface area (Å²) in [4.78, 5) is 28.8. The van der Waals surface area contributed by atoms with Crippen LogP contribution in [-0.2, 0) is 11.2 Å². The Morgan fingerprint density at radius 2 is 2.04 bits per heavy atom. The molecule has 8 heteroatoms. The molecular formula is C17H14FN3O2S2. The number of amides is 2. The van der Waals surface area contributed by atoms with Crippen LogP contribution in [0.1, 0.15) is 20.9 Å². The third kappa shape index (κ3) is 4.49. The maximum Gasteiger partial charge on any atom is 0.267 e. The third-order valence-corrected chi connectivity index (χ3v) is 4.93. The van der Waals surface area contributed by atoms with E-state index in [1.165, 1.54) is 28.7 Å². The van der Waals surface area contributed by atoms with Gasteiger partial charge in [0.1, 0.15) is 5.82 Å². The Kier molecular flexibility index (Phi) is 5.20. The number of benzene rings is 1. The standard InChI is InChI=1S/C17H14FN3O2S2/c1-10-4-5-12(18)13(7-10)20-15(22)8-11-9-25-17(19-11)21-16(23)14-3-2-6-24-14/h2-7,9H,8H2,1H3,(H,20,22)(H,19,21,23). The lowest BCUT2D eigenvalue weighted by molar-refractivity contribution is -0.115. The molecule has 0 fully saturated rings. The lowest BCUT2D eigenvalue weighted by Gasteiger charge is -2.06. The van der Waals surface area contributed by atoms with Gasteiger partial charge < -0.3 is 5.32 Å². The lowest BCUT2D eigenvalue weighted by atomic mass is 10.2. The number of thiophene rings is 1. The molecule has 0 spiro atoms. The molecule has 2 aromatic heterocycles. The molecule has 25 heavy (non-hydrogen) atoms. The van der Waals surface area contributed by atoms with Gasteiger partial charge in [-0.1, -0.05) is 12.1 Å². The average Bonchev–Trinajstić information content (AvgIpc) is 3.23. The van der Waals surface area contributed by atoms with Crippen LogP contribution in [0.3, 0.4) is 0 Å². The van der Waals surface area contributed by atoms with Crippen LogP contribution in [0.4, 0.5) is 15.2 Å². The molecule has 0 atom stereocenters. The molecular weight excluding hydrogens is 361 g/mol. The molecule has 128 valence electrons. The van der Waals surface area contributed by atoms with E-state index in [2.05, 4.69) is 15.6 Å². The predicted octanol–water partition coefficient (Wildman–Crippen LogP) is 4.09. The van der Waals surface area contributed by atoms with Crippen LogP contribution in [0, 0.1) is 12.7 Å². The zero-order valence-corrected chi connectivity index (χ0v) is 14.8. The number of thiazole rings is 1. The van der Waals surface area contributed by atoms with Crippen molar-refractivity contribution in [1.82, 2.24) is 4.98 Å². The van der Waals surface area contributed by atoms with Crippen LogP contribution in [0.2, 0.25) is 0 Å². The molecule has 2 amide bonds. The minimum Gasteiger partial charge on any atom is -0.323 e. The van der Waals surface area contributed by atoms with Crippen LogP contribution >= 0.6 is 22.7 Å². The summed E-state index contributed by atoms with van der Waals surface area (Å²) in [6, 6.07) is 8.03. The van der Waals surface area contributed by atoms with E-state index in [9.17, 15) is 14.0 Å². The second-order valence-electron chi connectivity index (χ2n) is 5.28. The molecule has 3 aromatic rings. The molecule has 0 unspecified atom stereocenters. The van der Waals surface area contributed by atoms with Crippen molar-refractivity contribution in [2.75, 3.05) is 10.6 Å². The van der Waals surface area contributed by atoms with Crippen molar-refractivity contribution in [2.24, 2.45) is 0 Å². The molecule has 2 heterocycles. The molecule has 1 aromatic carbocycles. The largest absolute Gasteiger partial charge is 0.323 e. The first-order chi connectivity index (χ1) is 12.0. The highest BCUT2D eigenvalue weighted by molar-refractivity contribution is 7.14. The van der Waals surface area contributed by atoms with Crippen LogP contribution in [-0.4, -0.2) is 16.8 Å². The Morgan fingerprint density at radius 1 is 1.20 bits per heavy atom. The minimum atomic E-state index is -0.485. The van der Waals surface area contributed by atoms with Crippen molar-refractivity contribution in [2.45, 2.75) is 13.3 Å². The molecule has 5 nitrogen and oxygen atoms in total. The summed E-state index contributed by atoms with van der Waals surface area (Å²) in [5.41, 5.74) is 1.51. The van der Waals surface area contributed by atoms with E-state index in [0.29, 0.717) is 15.7 Å². The Hall–Kier alpha value is -2.58. The lowest BCUT2D eigenvalue weighted by Crippen LogP contribution is -2.16. The van der Waals surface area contributed by atoms with Gasteiger partial charge in [0.05, 0.1) is 22.7 Å². The van der Waals surface area contributed by atoms with E-state index < -0.39 is 5.82 Å². The van der Waals surface area contributed by atoms with E-state index in [-0.39, 0.29) is 23.9 Å².